The Morgan fingerprint density at radius 3 is 3.04 bits per heavy atom. The Kier molecular flexibility index (Phi) is 7.06. The highest BCUT2D eigenvalue weighted by Gasteiger charge is 2.32. The Morgan fingerprint density at radius 1 is 1.37 bits per heavy atom. The number of carbonyl (C=O) groups excluding carboxylic acids is 1. The molecule has 0 aromatic carbocycles. The maximum atomic E-state index is 12.3. The number of fused-ring (bicyclic) bond motifs is 1. The van der Waals surface area contributed by atoms with Crippen LogP contribution in [0.1, 0.15) is 37.7 Å². The van der Waals surface area contributed by atoms with E-state index in [1.165, 1.54) is 5.56 Å². The highest BCUT2D eigenvalue weighted by Crippen LogP contribution is 2.32. The Labute approximate surface area is 160 Å². The maximum Gasteiger partial charge on any atom is 0.407 e. The monoisotopic (exact) mass is 374 g/mol. The normalized spacial score (nSPS) is 20.7. The van der Waals surface area contributed by atoms with Crippen LogP contribution in [0.15, 0.2) is 24.5 Å². The summed E-state index contributed by atoms with van der Waals surface area (Å²) < 4.78 is 10.4. The zero-order valence-electron chi connectivity index (χ0n) is 16.2. The summed E-state index contributed by atoms with van der Waals surface area (Å²) in [5.74, 6) is 0.234. The standard InChI is InChI=1S/C20H30N4O3/c1-3-24-11-8-15(16-6-9-21-17-7-10-22-19(16)17)18(14-24)23-20(25)27-13-5-4-12-26-2/h6-7,9-10,15,18,22H,3-5,8,11-14H2,1-2H3,(H,23,25). The lowest BCUT2D eigenvalue weighted by Gasteiger charge is -2.38. The molecule has 2 aromatic heterocycles. The minimum Gasteiger partial charge on any atom is -0.450 e. The van der Waals surface area contributed by atoms with E-state index in [-0.39, 0.29) is 18.1 Å². The number of rotatable bonds is 8. The second kappa shape index (κ2) is 9.71. The number of likely N-dealkylation sites (tertiary alicyclic amines) is 1. The summed E-state index contributed by atoms with van der Waals surface area (Å²) >= 11 is 0. The van der Waals surface area contributed by atoms with E-state index in [1.807, 2.05) is 18.5 Å². The summed E-state index contributed by atoms with van der Waals surface area (Å²) in [6.45, 7) is 6.09. The van der Waals surface area contributed by atoms with E-state index < -0.39 is 0 Å². The third kappa shape index (κ3) is 4.99. The Bertz CT molecular complexity index is 733. The molecule has 1 saturated heterocycles. The summed E-state index contributed by atoms with van der Waals surface area (Å²) in [4.78, 5) is 22.4. The zero-order chi connectivity index (χ0) is 19.1. The number of likely N-dealkylation sites (N-methyl/N-ethyl adjacent to an activating group) is 1. The van der Waals surface area contributed by atoms with Crippen molar-refractivity contribution in [3.8, 4) is 0 Å². The second-order valence-electron chi connectivity index (χ2n) is 7.01. The van der Waals surface area contributed by atoms with Crippen LogP contribution in [0.4, 0.5) is 4.79 Å². The third-order valence-electron chi connectivity index (χ3n) is 5.30. The first kappa shape index (κ1) is 19.6. The number of pyridine rings is 1. The van der Waals surface area contributed by atoms with Gasteiger partial charge in [0, 0.05) is 38.6 Å². The lowest BCUT2D eigenvalue weighted by Crippen LogP contribution is -2.51. The number of amides is 1. The van der Waals surface area contributed by atoms with Crippen molar-refractivity contribution in [2.45, 2.75) is 38.1 Å². The first-order chi connectivity index (χ1) is 13.2. The van der Waals surface area contributed by atoms with Crippen molar-refractivity contribution in [2.75, 3.05) is 40.0 Å². The van der Waals surface area contributed by atoms with E-state index in [0.29, 0.717) is 13.2 Å². The Morgan fingerprint density at radius 2 is 2.22 bits per heavy atom. The molecule has 2 unspecified atom stereocenters. The maximum absolute atomic E-state index is 12.3. The van der Waals surface area contributed by atoms with Crippen LogP contribution in [-0.4, -0.2) is 67.0 Å². The topological polar surface area (TPSA) is 79.5 Å². The number of methoxy groups -OCH3 is 1. The van der Waals surface area contributed by atoms with Gasteiger partial charge in [-0.05, 0) is 50.0 Å². The Balaban J connectivity index is 1.67. The molecule has 148 valence electrons. The van der Waals surface area contributed by atoms with Crippen LogP contribution >= 0.6 is 0 Å². The molecule has 0 spiro atoms. The van der Waals surface area contributed by atoms with Crippen molar-refractivity contribution >= 4 is 17.1 Å². The number of ether oxygens (including phenoxy) is 2. The quantitative estimate of drug-likeness (QED) is 0.695. The highest BCUT2D eigenvalue weighted by atomic mass is 16.5. The number of H-pyrrole nitrogens is 1. The average molecular weight is 374 g/mol. The molecule has 2 N–H and O–H groups in total. The number of hydrogen-bond donors (Lipinski definition) is 2. The van der Waals surface area contributed by atoms with Gasteiger partial charge in [0.15, 0.2) is 0 Å². The summed E-state index contributed by atoms with van der Waals surface area (Å²) in [7, 11) is 1.68. The van der Waals surface area contributed by atoms with Crippen molar-refractivity contribution < 1.29 is 14.3 Å². The fraction of sp³-hybridized carbons (Fsp3) is 0.600. The van der Waals surface area contributed by atoms with Gasteiger partial charge in [-0.3, -0.25) is 4.98 Å². The molecule has 1 aliphatic heterocycles. The van der Waals surface area contributed by atoms with Crippen LogP contribution in [0.2, 0.25) is 0 Å². The molecule has 2 atom stereocenters. The molecule has 0 radical (unpaired) electrons. The summed E-state index contributed by atoms with van der Waals surface area (Å²) in [6, 6.07) is 4.06. The van der Waals surface area contributed by atoms with E-state index in [1.54, 1.807) is 7.11 Å². The number of piperidine rings is 1. The van der Waals surface area contributed by atoms with Crippen molar-refractivity contribution in [1.82, 2.24) is 20.2 Å². The molecule has 27 heavy (non-hydrogen) atoms. The van der Waals surface area contributed by atoms with Gasteiger partial charge in [0.05, 0.1) is 23.7 Å². The number of aromatic amines is 1. The van der Waals surface area contributed by atoms with Crippen LogP contribution in [0.5, 0.6) is 0 Å². The molecule has 7 nitrogen and oxygen atoms in total. The summed E-state index contributed by atoms with van der Waals surface area (Å²) in [5.41, 5.74) is 3.24. The first-order valence-electron chi connectivity index (χ1n) is 9.79. The molecule has 1 aliphatic rings. The van der Waals surface area contributed by atoms with Gasteiger partial charge in [-0.25, -0.2) is 4.79 Å². The Hall–Kier alpha value is -2.12. The van der Waals surface area contributed by atoms with Crippen LogP contribution in [0, 0.1) is 0 Å². The van der Waals surface area contributed by atoms with E-state index in [0.717, 1.165) is 49.9 Å². The average Bonchev–Trinajstić information content (AvgIpc) is 3.17. The van der Waals surface area contributed by atoms with Gasteiger partial charge in [0.2, 0.25) is 0 Å². The molecular formula is C20H30N4O3. The van der Waals surface area contributed by atoms with Gasteiger partial charge in [0.25, 0.3) is 0 Å². The SMILES string of the molecule is CCN1CCC(c2ccnc3cc[nH]c23)C(NC(=O)OCCCCOC)C1. The molecular weight excluding hydrogens is 344 g/mol. The number of nitrogens with one attached hydrogen (secondary N) is 2. The van der Waals surface area contributed by atoms with E-state index in [4.69, 9.17) is 9.47 Å². The molecule has 1 fully saturated rings. The molecule has 3 rings (SSSR count). The lowest BCUT2D eigenvalue weighted by atomic mass is 9.85. The summed E-state index contributed by atoms with van der Waals surface area (Å²) in [6.07, 6.45) is 6.12. The van der Waals surface area contributed by atoms with E-state index in [9.17, 15) is 4.79 Å². The predicted octanol–water partition coefficient (Wildman–Crippen LogP) is 2.89. The van der Waals surface area contributed by atoms with E-state index in [2.05, 4.69) is 33.2 Å². The zero-order valence-corrected chi connectivity index (χ0v) is 16.2. The second-order valence-corrected chi connectivity index (χ2v) is 7.01. The van der Waals surface area contributed by atoms with Crippen molar-refractivity contribution in [3.05, 3.63) is 30.1 Å². The number of alkyl carbamates (subject to hydrolysis) is 1. The minimum atomic E-state index is -0.336. The van der Waals surface area contributed by atoms with Crippen LogP contribution in [0.3, 0.4) is 0 Å². The van der Waals surface area contributed by atoms with Gasteiger partial charge in [-0.15, -0.1) is 0 Å². The predicted molar refractivity (Wildman–Crippen MR) is 105 cm³/mol. The molecule has 1 amide bonds. The van der Waals surface area contributed by atoms with Crippen molar-refractivity contribution in [3.63, 3.8) is 0 Å². The lowest BCUT2D eigenvalue weighted by molar-refractivity contribution is 0.119. The minimum absolute atomic E-state index is 0.0130. The first-order valence-corrected chi connectivity index (χ1v) is 9.79. The molecule has 0 aliphatic carbocycles. The van der Waals surface area contributed by atoms with Gasteiger partial charge < -0.3 is 24.7 Å². The molecule has 0 saturated carbocycles. The van der Waals surface area contributed by atoms with Crippen LogP contribution < -0.4 is 5.32 Å². The van der Waals surface area contributed by atoms with Gasteiger partial charge in [-0.1, -0.05) is 6.92 Å². The number of unbranched alkanes of at least 4 members (excludes halogenated alkanes) is 1. The van der Waals surface area contributed by atoms with E-state index >= 15 is 0 Å². The van der Waals surface area contributed by atoms with Crippen molar-refractivity contribution in [1.29, 1.82) is 0 Å². The smallest absolute Gasteiger partial charge is 0.407 e. The fourth-order valence-corrected chi connectivity index (χ4v) is 3.82. The van der Waals surface area contributed by atoms with Crippen LogP contribution in [-0.2, 0) is 9.47 Å². The number of carbonyl (C=O) groups is 1. The highest BCUT2D eigenvalue weighted by molar-refractivity contribution is 5.79. The molecule has 0 bridgehead atoms. The molecule has 2 aromatic rings. The molecule has 7 heteroatoms. The largest absolute Gasteiger partial charge is 0.450 e. The molecule has 3 heterocycles. The number of nitrogens with zero attached hydrogens (tertiary/aromatic N) is 2. The van der Waals surface area contributed by atoms with Gasteiger partial charge in [0.1, 0.15) is 0 Å². The van der Waals surface area contributed by atoms with Gasteiger partial charge in [-0.2, -0.15) is 0 Å². The number of hydrogen-bond acceptors (Lipinski definition) is 5. The summed E-state index contributed by atoms with van der Waals surface area (Å²) in [5, 5.41) is 3.11. The van der Waals surface area contributed by atoms with Crippen molar-refractivity contribution in [2.24, 2.45) is 0 Å². The third-order valence-corrected chi connectivity index (χ3v) is 5.30. The van der Waals surface area contributed by atoms with Crippen LogP contribution in [0.25, 0.3) is 11.0 Å². The fourth-order valence-electron chi connectivity index (χ4n) is 3.82. The number of aromatic nitrogens is 2. The van der Waals surface area contributed by atoms with Gasteiger partial charge >= 0.3 is 6.09 Å².